The molecule has 6 aliphatic rings. The first kappa shape index (κ1) is 40.0. The summed E-state index contributed by atoms with van der Waals surface area (Å²) in [5.74, 6) is 0.0198. The van der Waals surface area contributed by atoms with Gasteiger partial charge >= 0.3 is 5.97 Å². The molecule has 0 aromatic heterocycles. The van der Waals surface area contributed by atoms with Crippen LogP contribution in [0.25, 0.3) is 0 Å². The van der Waals surface area contributed by atoms with E-state index in [-0.39, 0.29) is 96.8 Å². The molecule has 11 heteroatoms. The molecule has 4 fully saturated rings. The highest BCUT2D eigenvalue weighted by molar-refractivity contribution is 5.99. The summed E-state index contributed by atoms with van der Waals surface area (Å²) in [6.07, 6.45) is 10.8. The van der Waals surface area contributed by atoms with E-state index >= 15 is 0 Å². The van der Waals surface area contributed by atoms with Gasteiger partial charge in [0.15, 0.2) is 18.4 Å². The molecule has 17 atom stereocenters. The Morgan fingerprint density at radius 3 is 2.25 bits per heavy atom. The number of hydrogen-bond acceptors (Lipinski definition) is 11. The van der Waals surface area contributed by atoms with Crippen molar-refractivity contribution in [3.8, 4) is 0 Å². The molecule has 0 aromatic carbocycles. The number of Topliss-reactive ketones (excluding diaryl/α,β-unsaturated/α-hetero) is 1. The molecule has 1 saturated carbocycles. The third kappa shape index (κ3) is 8.27. The van der Waals surface area contributed by atoms with E-state index in [1.165, 1.54) is 0 Å². The number of nitrogens with zero attached hydrogens (tertiary/aromatic N) is 1. The van der Waals surface area contributed by atoms with Crippen LogP contribution in [-0.2, 0) is 47.5 Å². The molecule has 6 rings (SSSR count). The summed E-state index contributed by atoms with van der Waals surface area (Å²) in [6, 6.07) is 0.339. The highest BCUT2D eigenvalue weighted by Gasteiger charge is 2.52. The van der Waals surface area contributed by atoms with E-state index in [9.17, 15) is 9.59 Å². The second-order valence-corrected chi connectivity index (χ2v) is 16.5. The summed E-state index contributed by atoms with van der Waals surface area (Å²) in [7, 11) is 9.15. The van der Waals surface area contributed by atoms with Crippen LogP contribution in [-0.4, -0.2) is 120 Å². The third-order valence-electron chi connectivity index (χ3n) is 13.3. The maximum absolute atomic E-state index is 14.7. The quantitative estimate of drug-likeness (QED) is 0.222. The maximum Gasteiger partial charge on any atom is 0.306 e. The SMILES string of the molecule is CC[C@H]1CCC[C@H](O[C@H]2CC[C@H](N(C)C)[C@@H](C)O2)[C@@H](C)C(=O)C2=C[C@@H]3[C@@H](C=C[C@@H]4C[C@@H](O[C@@H]5O[C@@H](C)[C@H](OC)[C@@H](OC)C5OC)C[C@@H]34)[C@@H]2CC(=O)O1. The molecule has 1 unspecified atom stereocenters. The minimum atomic E-state index is -0.594. The highest BCUT2D eigenvalue weighted by atomic mass is 16.7. The maximum atomic E-state index is 14.7. The number of esters is 1. The number of allylic oxidation sites excluding steroid dienone is 4. The molecule has 3 aliphatic heterocycles. The third-order valence-corrected chi connectivity index (χ3v) is 13.3. The fourth-order valence-corrected chi connectivity index (χ4v) is 10.4. The summed E-state index contributed by atoms with van der Waals surface area (Å²) in [6.45, 7) is 8.17. The van der Waals surface area contributed by atoms with Gasteiger partial charge in [-0.25, -0.2) is 0 Å². The van der Waals surface area contributed by atoms with Gasteiger partial charge in [-0.1, -0.05) is 32.1 Å². The number of rotatable bonds is 9. The van der Waals surface area contributed by atoms with Crippen LogP contribution in [0.5, 0.6) is 0 Å². The largest absolute Gasteiger partial charge is 0.462 e. The molecule has 11 nitrogen and oxygen atoms in total. The van der Waals surface area contributed by atoms with Crippen molar-refractivity contribution in [2.75, 3.05) is 35.4 Å². The average molecular weight is 732 g/mol. The lowest BCUT2D eigenvalue weighted by atomic mass is 9.70. The van der Waals surface area contributed by atoms with E-state index in [0.717, 1.165) is 50.5 Å². The summed E-state index contributed by atoms with van der Waals surface area (Å²) < 4.78 is 49.5. The molecule has 3 aliphatic carbocycles. The van der Waals surface area contributed by atoms with Gasteiger partial charge in [-0.2, -0.15) is 0 Å². The van der Waals surface area contributed by atoms with Crippen LogP contribution in [0.1, 0.15) is 85.5 Å². The zero-order valence-electron chi connectivity index (χ0n) is 32.9. The van der Waals surface area contributed by atoms with Crippen LogP contribution in [0.3, 0.4) is 0 Å². The Labute approximate surface area is 311 Å². The number of fused-ring (bicyclic) bond motifs is 5. The second kappa shape index (κ2) is 17.4. The van der Waals surface area contributed by atoms with Crippen LogP contribution in [0.4, 0.5) is 0 Å². The van der Waals surface area contributed by atoms with Gasteiger partial charge in [0.1, 0.15) is 24.4 Å². The zero-order valence-corrected chi connectivity index (χ0v) is 32.9. The van der Waals surface area contributed by atoms with E-state index < -0.39 is 12.4 Å². The van der Waals surface area contributed by atoms with Crippen molar-refractivity contribution >= 4 is 11.8 Å². The van der Waals surface area contributed by atoms with Crippen LogP contribution in [0.2, 0.25) is 0 Å². The van der Waals surface area contributed by atoms with E-state index in [2.05, 4.69) is 51.1 Å². The number of carbonyl (C=O) groups is 2. The second-order valence-electron chi connectivity index (χ2n) is 16.5. The van der Waals surface area contributed by atoms with Crippen molar-refractivity contribution in [3.05, 3.63) is 23.8 Å². The molecule has 0 radical (unpaired) electrons. The van der Waals surface area contributed by atoms with E-state index in [4.69, 9.17) is 37.9 Å². The Hall–Kier alpha value is -1.70. The first-order valence-corrected chi connectivity index (χ1v) is 20.0. The molecule has 3 heterocycles. The molecule has 0 aromatic rings. The number of ketones is 1. The standard InChI is InChI=1S/C41H65NO10/c1-10-26-12-11-13-34(52-36-17-16-33(42(5)6)23(3)48-36)22(2)37(44)32-20-30-28(31(32)21-35(43)50-26)15-14-25-18-27(19-29(25)30)51-41-40(47-9)39(46-8)38(45-7)24(4)49-41/h14-15,20,22-31,33-34,36,38-41H,10-13,16-19,21H2,1-9H3/t22-,23-,24+,25-,26+,27-,28-,29-,30-,31+,33+,34+,36+,38+,39-,40?,41+/m1/s1. The molecule has 0 amide bonds. The van der Waals surface area contributed by atoms with Crippen LogP contribution in [0, 0.1) is 35.5 Å². The van der Waals surface area contributed by atoms with Crippen LogP contribution >= 0.6 is 0 Å². The smallest absolute Gasteiger partial charge is 0.306 e. The van der Waals surface area contributed by atoms with E-state index in [1.807, 2.05) is 13.8 Å². The molecular formula is C41H65NO10. The van der Waals surface area contributed by atoms with Gasteiger partial charge in [0.05, 0.1) is 30.8 Å². The minimum absolute atomic E-state index is 0.0380. The molecule has 3 saturated heterocycles. The fraction of sp³-hybridized carbons (Fsp3) is 0.854. The van der Waals surface area contributed by atoms with Gasteiger partial charge in [0.2, 0.25) is 0 Å². The number of hydrogen-bond donors (Lipinski definition) is 0. The molecule has 0 N–H and O–H groups in total. The predicted molar refractivity (Wildman–Crippen MR) is 194 cm³/mol. The van der Waals surface area contributed by atoms with Gasteiger partial charge in [0.25, 0.3) is 0 Å². The summed E-state index contributed by atoms with van der Waals surface area (Å²) in [5, 5.41) is 0. The monoisotopic (exact) mass is 731 g/mol. The number of carbonyl (C=O) groups excluding carboxylic acids is 2. The van der Waals surface area contributed by atoms with E-state index in [1.54, 1.807) is 21.3 Å². The predicted octanol–water partition coefficient (Wildman–Crippen LogP) is 5.49. The van der Waals surface area contributed by atoms with Gasteiger partial charge in [-0.15, -0.1) is 0 Å². The average Bonchev–Trinajstić information content (AvgIpc) is 3.70. The first-order chi connectivity index (χ1) is 25.0. The lowest BCUT2D eigenvalue weighted by Crippen LogP contribution is -2.59. The number of ether oxygens (including phenoxy) is 8. The van der Waals surface area contributed by atoms with Crippen LogP contribution < -0.4 is 0 Å². The molecule has 0 bridgehead atoms. The Kier molecular flexibility index (Phi) is 13.4. The van der Waals surface area contributed by atoms with Crippen LogP contribution in [0.15, 0.2) is 23.8 Å². The first-order valence-electron chi connectivity index (χ1n) is 20.0. The topological polar surface area (TPSA) is 111 Å². The molecule has 294 valence electrons. The summed E-state index contributed by atoms with van der Waals surface area (Å²) in [4.78, 5) is 30.4. The Bertz CT molecular complexity index is 1290. The summed E-state index contributed by atoms with van der Waals surface area (Å²) >= 11 is 0. The highest BCUT2D eigenvalue weighted by Crippen LogP contribution is 2.54. The van der Waals surface area contributed by atoms with Gasteiger partial charge in [-0.05, 0) is 109 Å². The van der Waals surface area contributed by atoms with Crippen molar-refractivity contribution in [3.63, 3.8) is 0 Å². The number of methoxy groups -OCH3 is 3. The fourth-order valence-electron chi connectivity index (χ4n) is 10.4. The van der Waals surface area contributed by atoms with Crippen molar-refractivity contribution in [1.82, 2.24) is 4.90 Å². The Balaban J connectivity index is 1.20. The van der Waals surface area contributed by atoms with Gasteiger partial charge in [-0.3, -0.25) is 9.59 Å². The van der Waals surface area contributed by atoms with E-state index in [0.29, 0.717) is 18.4 Å². The van der Waals surface area contributed by atoms with Crippen molar-refractivity contribution in [1.29, 1.82) is 0 Å². The Morgan fingerprint density at radius 2 is 1.58 bits per heavy atom. The summed E-state index contributed by atoms with van der Waals surface area (Å²) in [5.41, 5.74) is 0.763. The molecular weight excluding hydrogens is 666 g/mol. The molecule has 0 spiro atoms. The van der Waals surface area contributed by atoms with Gasteiger partial charge in [0, 0.05) is 39.2 Å². The minimum Gasteiger partial charge on any atom is -0.462 e. The zero-order chi connectivity index (χ0) is 37.3. The van der Waals surface area contributed by atoms with Crippen molar-refractivity contribution in [2.45, 2.75) is 153 Å². The Morgan fingerprint density at radius 1 is 0.827 bits per heavy atom. The lowest BCUT2D eigenvalue weighted by Gasteiger charge is -2.44. The lowest BCUT2D eigenvalue weighted by molar-refractivity contribution is -0.314. The molecule has 52 heavy (non-hydrogen) atoms. The number of likely N-dealkylation sites (N-methyl/N-ethyl adjacent to an activating group) is 1. The normalized spacial score (nSPS) is 45.7. The number of cyclic esters (lactones) is 1. The van der Waals surface area contributed by atoms with Crippen molar-refractivity contribution < 1.29 is 47.5 Å². The van der Waals surface area contributed by atoms with Gasteiger partial charge < -0.3 is 42.8 Å². The van der Waals surface area contributed by atoms with Crippen molar-refractivity contribution in [2.24, 2.45) is 35.5 Å².